The second kappa shape index (κ2) is 5.33. The first kappa shape index (κ1) is 15.3. The van der Waals surface area contributed by atoms with Crippen molar-refractivity contribution in [3.05, 3.63) is 56.4 Å². The highest BCUT2D eigenvalue weighted by Gasteiger charge is 2.42. The molecule has 4 nitrogen and oxygen atoms in total. The zero-order valence-electron chi connectivity index (χ0n) is 11.4. The van der Waals surface area contributed by atoms with Crippen molar-refractivity contribution in [2.75, 3.05) is 0 Å². The fourth-order valence-corrected chi connectivity index (χ4v) is 2.48. The highest BCUT2D eigenvalue weighted by molar-refractivity contribution is 6.42. The van der Waals surface area contributed by atoms with Crippen molar-refractivity contribution in [2.45, 2.75) is 19.4 Å². The summed E-state index contributed by atoms with van der Waals surface area (Å²) in [5.41, 5.74) is 6.22. The molecule has 1 aromatic rings. The maximum Gasteiger partial charge on any atom is 0.172 e. The van der Waals surface area contributed by atoms with Crippen LogP contribution < -0.4 is 5.73 Å². The Morgan fingerprint density at radius 3 is 2.48 bits per heavy atom. The Bertz CT molecular complexity index is 768. The summed E-state index contributed by atoms with van der Waals surface area (Å²) in [6.07, 6.45) is 0. The second-order valence-corrected chi connectivity index (χ2v) is 5.55. The van der Waals surface area contributed by atoms with Gasteiger partial charge < -0.3 is 10.5 Å². The Hall–Kier alpha value is -2.14. The molecular weight excluding hydrogens is 309 g/mol. The molecule has 2 rings (SSSR count). The van der Waals surface area contributed by atoms with Gasteiger partial charge in [0.05, 0.1) is 10.0 Å². The zero-order chi connectivity index (χ0) is 15.8. The number of halogens is 2. The zero-order valence-corrected chi connectivity index (χ0v) is 12.9. The van der Waals surface area contributed by atoms with E-state index in [0.29, 0.717) is 15.6 Å². The standard InChI is InChI=1S/C15H11Cl2N3O/c1-8-10(6-18)14(13(20)7-19)21-15(8,2)9-3-4-11(16)12(17)5-9/h3-5H,20H2,1-2H3/b14-13-. The number of nitrogens with two attached hydrogens (primary N) is 1. The maximum absolute atomic E-state index is 9.29. The molecule has 1 aromatic carbocycles. The summed E-state index contributed by atoms with van der Waals surface area (Å²) in [6.45, 7) is 3.55. The van der Waals surface area contributed by atoms with E-state index in [1.165, 1.54) is 0 Å². The fourth-order valence-electron chi connectivity index (χ4n) is 2.18. The number of allylic oxidation sites excluding steroid dienone is 2. The molecule has 1 aliphatic rings. The molecule has 0 aliphatic carbocycles. The summed E-state index contributed by atoms with van der Waals surface area (Å²) < 4.78 is 5.83. The van der Waals surface area contributed by atoms with Crippen molar-refractivity contribution in [3.8, 4) is 12.1 Å². The molecule has 0 fully saturated rings. The molecule has 6 heteroatoms. The molecule has 106 valence electrons. The Morgan fingerprint density at radius 1 is 1.29 bits per heavy atom. The van der Waals surface area contributed by atoms with Crippen LogP contribution >= 0.6 is 23.2 Å². The smallest absolute Gasteiger partial charge is 0.172 e. The molecule has 0 saturated heterocycles. The van der Waals surface area contributed by atoms with Gasteiger partial charge in [-0.05, 0) is 31.6 Å². The van der Waals surface area contributed by atoms with Crippen LogP contribution in [0.4, 0.5) is 0 Å². The molecule has 1 heterocycles. The molecule has 2 N–H and O–H groups in total. The molecule has 1 atom stereocenters. The summed E-state index contributed by atoms with van der Waals surface area (Å²) in [6, 6.07) is 8.93. The first-order valence-corrected chi connectivity index (χ1v) is 6.77. The van der Waals surface area contributed by atoms with E-state index in [4.69, 9.17) is 38.9 Å². The average molecular weight is 320 g/mol. The Labute approximate surface area is 132 Å². The van der Waals surface area contributed by atoms with Crippen LogP contribution in [0.1, 0.15) is 19.4 Å². The Balaban J connectivity index is 2.65. The molecule has 0 radical (unpaired) electrons. The molecule has 1 aliphatic heterocycles. The third-order valence-corrected chi connectivity index (χ3v) is 4.31. The van der Waals surface area contributed by atoms with Crippen molar-refractivity contribution >= 4 is 23.2 Å². The predicted molar refractivity (Wildman–Crippen MR) is 80.0 cm³/mol. The third-order valence-electron chi connectivity index (χ3n) is 3.57. The van der Waals surface area contributed by atoms with Gasteiger partial charge in [0.15, 0.2) is 17.1 Å². The van der Waals surface area contributed by atoms with Crippen LogP contribution in [0.25, 0.3) is 0 Å². The van der Waals surface area contributed by atoms with Gasteiger partial charge in [0.2, 0.25) is 0 Å². The monoisotopic (exact) mass is 319 g/mol. The Kier molecular flexibility index (Phi) is 3.87. The van der Waals surface area contributed by atoms with E-state index < -0.39 is 5.60 Å². The molecule has 0 aromatic heterocycles. The first-order chi connectivity index (χ1) is 9.85. The van der Waals surface area contributed by atoms with Crippen molar-refractivity contribution < 1.29 is 4.74 Å². The first-order valence-electron chi connectivity index (χ1n) is 6.01. The highest BCUT2D eigenvalue weighted by atomic mass is 35.5. The van der Waals surface area contributed by atoms with Gasteiger partial charge in [0.1, 0.15) is 17.7 Å². The molecule has 0 spiro atoms. The lowest BCUT2D eigenvalue weighted by atomic mass is 9.88. The van der Waals surface area contributed by atoms with Crippen molar-refractivity contribution in [3.63, 3.8) is 0 Å². The van der Waals surface area contributed by atoms with E-state index >= 15 is 0 Å². The number of hydrogen-bond acceptors (Lipinski definition) is 4. The van der Waals surface area contributed by atoms with E-state index in [1.807, 2.05) is 6.07 Å². The second-order valence-electron chi connectivity index (χ2n) is 4.73. The van der Waals surface area contributed by atoms with Crippen molar-refractivity contribution in [1.29, 1.82) is 10.5 Å². The minimum atomic E-state index is -0.921. The number of nitriles is 2. The summed E-state index contributed by atoms with van der Waals surface area (Å²) in [7, 11) is 0. The molecule has 0 amide bonds. The topological polar surface area (TPSA) is 82.8 Å². The van der Waals surface area contributed by atoms with Crippen LogP contribution in [-0.2, 0) is 10.3 Å². The van der Waals surface area contributed by atoms with Crippen LogP contribution in [0, 0.1) is 22.7 Å². The van der Waals surface area contributed by atoms with Gasteiger partial charge in [-0.3, -0.25) is 0 Å². The number of benzene rings is 1. The predicted octanol–water partition coefficient (Wildman–Crippen LogP) is 3.77. The summed E-state index contributed by atoms with van der Waals surface area (Å²) in [5.74, 6) is 0.103. The number of rotatable bonds is 1. The van der Waals surface area contributed by atoms with Gasteiger partial charge in [-0.2, -0.15) is 10.5 Å². The van der Waals surface area contributed by atoms with Gasteiger partial charge in [-0.15, -0.1) is 0 Å². The van der Waals surface area contributed by atoms with Crippen LogP contribution in [0.15, 0.2) is 40.8 Å². The lowest BCUT2D eigenvalue weighted by Gasteiger charge is -2.27. The fraction of sp³-hybridized carbons (Fsp3) is 0.200. The summed E-state index contributed by atoms with van der Waals surface area (Å²) in [4.78, 5) is 0. The Morgan fingerprint density at radius 2 is 1.95 bits per heavy atom. The average Bonchev–Trinajstić information content (AvgIpc) is 2.74. The van der Waals surface area contributed by atoms with Crippen molar-refractivity contribution in [2.24, 2.45) is 5.73 Å². The van der Waals surface area contributed by atoms with Crippen LogP contribution in [0.3, 0.4) is 0 Å². The van der Waals surface area contributed by atoms with E-state index in [2.05, 4.69) is 0 Å². The van der Waals surface area contributed by atoms with Gasteiger partial charge in [0, 0.05) is 5.56 Å². The lowest BCUT2D eigenvalue weighted by Crippen LogP contribution is -2.23. The molecule has 0 saturated carbocycles. The minimum Gasteiger partial charge on any atom is -0.474 e. The lowest BCUT2D eigenvalue weighted by molar-refractivity contribution is 0.0721. The van der Waals surface area contributed by atoms with Gasteiger partial charge in [-0.1, -0.05) is 29.3 Å². The van der Waals surface area contributed by atoms with E-state index in [-0.39, 0.29) is 17.0 Å². The van der Waals surface area contributed by atoms with Crippen LogP contribution in [0.5, 0.6) is 0 Å². The SMILES string of the molecule is CC1=C(C#N)/C(=C(/N)C#N)OC1(C)c1ccc(Cl)c(Cl)c1. The molecule has 0 bridgehead atoms. The van der Waals surface area contributed by atoms with Crippen LogP contribution in [-0.4, -0.2) is 0 Å². The molecule has 21 heavy (non-hydrogen) atoms. The highest BCUT2D eigenvalue weighted by Crippen LogP contribution is 2.46. The van der Waals surface area contributed by atoms with Crippen molar-refractivity contribution in [1.82, 2.24) is 0 Å². The molecule has 1 unspecified atom stereocenters. The largest absolute Gasteiger partial charge is 0.474 e. The summed E-state index contributed by atoms with van der Waals surface area (Å²) >= 11 is 12.0. The quantitative estimate of drug-likeness (QED) is 0.798. The van der Waals surface area contributed by atoms with Crippen LogP contribution in [0.2, 0.25) is 10.0 Å². The number of nitrogens with zero attached hydrogens (tertiary/aromatic N) is 2. The third kappa shape index (κ3) is 2.34. The van der Waals surface area contributed by atoms with E-state index in [1.54, 1.807) is 38.1 Å². The van der Waals surface area contributed by atoms with E-state index in [0.717, 1.165) is 5.56 Å². The van der Waals surface area contributed by atoms with Gasteiger partial charge in [-0.25, -0.2) is 0 Å². The normalized spacial score (nSPS) is 23.3. The molecular formula is C15H11Cl2N3O. The minimum absolute atomic E-state index is 0.103. The number of ether oxygens (including phenoxy) is 1. The number of hydrogen-bond donors (Lipinski definition) is 1. The maximum atomic E-state index is 9.29. The summed E-state index contributed by atoms with van der Waals surface area (Å²) in [5, 5.41) is 19.0. The van der Waals surface area contributed by atoms with Gasteiger partial charge >= 0.3 is 0 Å². The van der Waals surface area contributed by atoms with Gasteiger partial charge in [0.25, 0.3) is 0 Å². The van der Waals surface area contributed by atoms with E-state index in [9.17, 15) is 5.26 Å².